The summed E-state index contributed by atoms with van der Waals surface area (Å²) < 4.78 is 38.7. The molecule has 0 aliphatic carbocycles. The maximum Gasteiger partial charge on any atom is 0.434 e. The molecule has 0 aromatic carbocycles. The summed E-state index contributed by atoms with van der Waals surface area (Å²) in [6.07, 6.45) is -2.49. The Morgan fingerprint density at radius 3 is 2.73 bits per heavy atom. The summed E-state index contributed by atoms with van der Waals surface area (Å²) in [5.74, 6) is 0.313. The molecule has 15 heavy (non-hydrogen) atoms. The molecule has 84 valence electrons. The highest BCUT2D eigenvalue weighted by Gasteiger charge is 2.36. The van der Waals surface area contributed by atoms with Gasteiger partial charge in [-0.05, 0) is 20.3 Å². The van der Waals surface area contributed by atoms with Gasteiger partial charge in [0, 0.05) is 18.3 Å². The lowest BCUT2D eigenvalue weighted by molar-refractivity contribution is -0.140. The van der Waals surface area contributed by atoms with Crippen LogP contribution in [0, 0.1) is 0 Å². The first kappa shape index (κ1) is 10.3. The van der Waals surface area contributed by atoms with Crippen LogP contribution in [0.2, 0.25) is 0 Å². The van der Waals surface area contributed by atoms with E-state index >= 15 is 0 Å². The van der Waals surface area contributed by atoms with Crippen LogP contribution in [0.1, 0.15) is 32.0 Å². The Kier molecular flexibility index (Phi) is 2.17. The molecule has 0 amide bonds. The van der Waals surface area contributed by atoms with E-state index in [2.05, 4.69) is 10.3 Å². The highest BCUT2D eigenvalue weighted by molar-refractivity contribution is 5.34. The number of imidazole rings is 1. The predicted octanol–water partition coefficient (Wildman–Crippen LogP) is 2.67. The summed E-state index contributed by atoms with van der Waals surface area (Å²) in [6, 6.07) is 0.218. The fourth-order valence-corrected chi connectivity index (χ4v) is 1.88. The van der Waals surface area contributed by atoms with E-state index in [9.17, 15) is 13.2 Å². The lowest BCUT2D eigenvalue weighted by Crippen LogP contribution is -2.28. The molecule has 2 rings (SSSR count). The molecule has 3 nitrogen and oxygen atoms in total. The van der Waals surface area contributed by atoms with Crippen molar-refractivity contribution < 1.29 is 13.2 Å². The van der Waals surface area contributed by atoms with Gasteiger partial charge in [-0.1, -0.05) is 0 Å². The number of hydrogen-bond donors (Lipinski definition) is 1. The summed E-state index contributed by atoms with van der Waals surface area (Å²) in [6.45, 7) is 3.82. The molecule has 0 saturated heterocycles. The van der Waals surface area contributed by atoms with Crippen molar-refractivity contribution in [2.24, 2.45) is 0 Å². The quantitative estimate of drug-likeness (QED) is 0.727. The molecule has 2 heterocycles. The first-order chi connectivity index (χ1) is 6.88. The van der Waals surface area contributed by atoms with Crippen LogP contribution in [0.25, 0.3) is 0 Å². The lowest BCUT2D eigenvalue weighted by Gasteiger charge is -2.27. The number of anilines is 1. The highest BCUT2D eigenvalue weighted by Crippen LogP contribution is 2.33. The summed E-state index contributed by atoms with van der Waals surface area (Å²) >= 11 is 0. The van der Waals surface area contributed by atoms with Gasteiger partial charge in [-0.15, -0.1) is 0 Å². The average Bonchev–Trinajstić information content (AvgIpc) is 2.46. The van der Waals surface area contributed by atoms with E-state index in [-0.39, 0.29) is 12.1 Å². The molecule has 1 N–H and O–H groups in total. The monoisotopic (exact) mass is 219 g/mol. The van der Waals surface area contributed by atoms with Gasteiger partial charge in [-0.3, -0.25) is 0 Å². The predicted molar refractivity (Wildman–Crippen MR) is 49.6 cm³/mol. The molecule has 1 aliphatic rings. The molecule has 6 heteroatoms. The van der Waals surface area contributed by atoms with Crippen molar-refractivity contribution in [1.29, 1.82) is 0 Å². The fourth-order valence-electron chi connectivity index (χ4n) is 1.88. The smallest absolute Gasteiger partial charge is 0.353 e. The maximum absolute atomic E-state index is 12.4. The van der Waals surface area contributed by atoms with Crippen LogP contribution in [0.15, 0.2) is 6.20 Å². The molecular formula is C9H12F3N3. The van der Waals surface area contributed by atoms with Crippen molar-refractivity contribution in [3.8, 4) is 0 Å². The number of aromatic nitrogens is 2. The van der Waals surface area contributed by atoms with Crippen molar-refractivity contribution in [2.75, 3.05) is 5.32 Å². The van der Waals surface area contributed by atoms with Crippen molar-refractivity contribution in [2.45, 2.75) is 38.5 Å². The number of nitrogens with one attached hydrogen (secondary N) is 1. The molecule has 0 radical (unpaired) electrons. The van der Waals surface area contributed by atoms with Crippen molar-refractivity contribution in [3.05, 3.63) is 11.9 Å². The molecule has 0 fully saturated rings. The van der Waals surface area contributed by atoms with E-state index in [0.717, 1.165) is 12.6 Å². The Balaban J connectivity index is 2.39. The number of halogens is 3. The van der Waals surface area contributed by atoms with Crippen molar-refractivity contribution in [1.82, 2.24) is 9.55 Å². The Morgan fingerprint density at radius 2 is 2.13 bits per heavy atom. The maximum atomic E-state index is 12.4. The lowest BCUT2D eigenvalue weighted by atomic mass is 10.1. The van der Waals surface area contributed by atoms with Gasteiger partial charge in [-0.25, -0.2) is 4.98 Å². The molecule has 1 aliphatic heterocycles. The van der Waals surface area contributed by atoms with Gasteiger partial charge < -0.3 is 9.88 Å². The molecular weight excluding hydrogens is 207 g/mol. The largest absolute Gasteiger partial charge is 0.434 e. The Labute approximate surface area is 85.3 Å². The topological polar surface area (TPSA) is 29.9 Å². The Bertz CT molecular complexity index is 369. The number of rotatable bonds is 0. The van der Waals surface area contributed by atoms with Gasteiger partial charge in [0.05, 0.1) is 0 Å². The summed E-state index contributed by atoms with van der Waals surface area (Å²) in [7, 11) is 0. The van der Waals surface area contributed by atoms with Crippen molar-refractivity contribution >= 4 is 5.95 Å². The van der Waals surface area contributed by atoms with Crippen LogP contribution < -0.4 is 5.32 Å². The van der Waals surface area contributed by atoms with E-state index in [4.69, 9.17) is 0 Å². The molecule has 0 saturated carbocycles. The van der Waals surface area contributed by atoms with Gasteiger partial charge in [-0.2, -0.15) is 13.2 Å². The zero-order valence-corrected chi connectivity index (χ0v) is 8.47. The molecule has 0 spiro atoms. The van der Waals surface area contributed by atoms with E-state index < -0.39 is 11.9 Å². The standard InChI is InChI=1S/C9H12F3N3/c1-5-3-6(2)15-4-7(9(10,11)12)14-8(15)13-5/h4-6H,3H2,1-2H3,(H,13,14). The van der Waals surface area contributed by atoms with Gasteiger partial charge in [0.15, 0.2) is 5.69 Å². The minimum atomic E-state index is -4.37. The number of fused-ring (bicyclic) bond motifs is 1. The summed E-state index contributed by atoms with van der Waals surface area (Å²) in [4.78, 5) is 3.55. The minimum Gasteiger partial charge on any atom is -0.353 e. The van der Waals surface area contributed by atoms with Gasteiger partial charge >= 0.3 is 6.18 Å². The number of alkyl halides is 3. The Morgan fingerprint density at radius 1 is 1.47 bits per heavy atom. The molecule has 0 bridgehead atoms. The average molecular weight is 219 g/mol. The van der Waals surface area contributed by atoms with E-state index in [1.54, 1.807) is 4.57 Å². The first-order valence-corrected chi connectivity index (χ1v) is 4.80. The van der Waals surface area contributed by atoms with Crippen LogP contribution in [0.4, 0.5) is 19.1 Å². The van der Waals surface area contributed by atoms with Gasteiger partial charge in [0.2, 0.25) is 5.95 Å². The highest BCUT2D eigenvalue weighted by atomic mass is 19.4. The first-order valence-electron chi connectivity index (χ1n) is 4.80. The molecule has 1 aromatic rings. The summed E-state index contributed by atoms with van der Waals surface area (Å²) in [5, 5.41) is 2.93. The van der Waals surface area contributed by atoms with Crippen LogP contribution in [-0.2, 0) is 6.18 Å². The van der Waals surface area contributed by atoms with Crippen molar-refractivity contribution in [3.63, 3.8) is 0 Å². The SMILES string of the molecule is CC1CC(C)n2cc(C(F)(F)F)nc2N1. The van der Waals surface area contributed by atoms with Crippen LogP contribution in [-0.4, -0.2) is 15.6 Å². The van der Waals surface area contributed by atoms with E-state index in [1.165, 1.54) is 0 Å². The number of hydrogen-bond acceptors (Lipinski definition) is 2. The zero-order chi connectivity index (χ0) is 11.2. The molecule has 2 unspecified atom stereocenters. The summed E-state index contributed by atoms with van der Waals surface area (Å²) in [5.41, 5.74) is -0.828. The van der Waals surface area contributed by atoms with Crippen LogP contribution in [0.5, 0.6) is 0 Å². The van der Waals surface area contributed by atoms with E-state index in [0.29, 0.717) is 5.95 Å². The second kappa shape index (κ2) is 3.15. The second-order valence-electron chi connectivity index (χ2n) is 3.98. The number of nitrogens with zero attached hydrogens (tertiary/aromatic N) is 2. The second-order valence-corrected chi connectivity index (χ2v) is 3.98. The fraction of sp³-hybridized carbons (Fsp3) is 0.667. The van der Waals surface area contributed by atoms with Crippen LogP contribution in [0.3, 0.4) is 0 Å². The third-order valence-corrected chi connectivity index (χ3v) is 2.57. The normalized spacial score (nSPS) is 25.9. The van der Waals surface area contributed by atoms with E-state index in [1.807, 2.05) is 13.8 Å². The molecule has 2 atom stereocenters. The Hall–Kier alpha value is -1.20. The van der Waals surface area contributed by atoms with Gasteiger partial charge in [0.25, 0.3) is 0 Å². The molecule has 1 aromatic heterocycles. The van der Waals surface area contributed by atoms with Gasteiger partial charge in [0.1, 0.15) is 0 Å². The minimum absolute atomic E-state index is 0.0554. The zero-order valence-electron chi connectivity index (χ0n) is 8.47. The third-order valence-electron chi connectivity index (χ3n) is 2.57. The van der Waals surface area contributed by atoms with Crippen LogP contribution >= 0.6 is 0 Å². The third kappa shape index (κ3) is 1.80.